The minimum atomic E-state index is 0.217. The van der Waals surface area contributed by atoms with Crippen molar-refractivity contribution in [3.8, 4) is 5.75 Å². The molecule has 0 saturated heterocycles. The van der Waals surface area contributed by atoms with Crippen LogP contribution in [0.1, 0.15) is 31.2 Å². The van der Waals surface area contributed by atoms with Gasteiger partial charge < -0.3 is 10.8 Å². The molecular weight excluding hydrogens is 222 g/mol. The summed E-state index contributed by atoms with van der Waals surface area (Å²) in [7, 11) is 0. The predicted molar refractivity (Wildman–Crippen MR) is 76.5 cm³/mol. The van der Waals surface area contributed by atoms with Gasteiger partial charge in [-0.1, -0.05) is 30.3 Å². The summed E-state index contributed by atoms with van der Waals surface area (Å²) in [5.74, 6) is 0.217. The van der Waals surface area contributed by atoms with Crippen molar-refractivity contribution in [1.29, 1.82) is 0 Å². The number of nitrogen functional groups attached to an aromatic ring is 1. The average molecular weight is 239 g/mol. The van der Waals surface area contributed by atoms with Crippen LogP contribution < -0.4 is 5.73 Å². The van der Waals surface area contributed by atoms with Crippen LogP contribution in [0.5, 0.6) is 5.75 Å². The SMILES string of the molecule is Nc1c(C2=CCCCC2)cc2ccccc2c1O. The van der Waals surface area contributed by atoms with Gasteiger partial charge in [0.15, 0.2) is 0 Å². The van der Waals surface area contributed by atoms with Crippen molar-refractivity contribution in [3.63, 3.8) is 0 Å². The van der Waals surface area contributed by atoms with Crippen LogP contribution >= 0.6 is 0 Å². The number of hydrogen-bond donors (Lipinski definition) is 2. The number of phenolic OH excluding ortho intramolecular Hbond substituents is 1. The molecule has 0 fully saturated rings. The van der Waals surface area contributed by atoms with Gasteiger partial charge in [-0.2, -0.15) is 0 Å². The molecule has 2 aromatic carbocycles. The van der Waals surface area contributed by atoms with Gasteiger partial charge in [-0.15, -0.1) is 0 Å². The van der Waals surface area contributed by atoms with Crippen LogP contribution in [0.3, 0.4) is 0 Å². The van der Waals surface area contributed by atoms with E-state index in [9.17, 15) is 5.11 Å². The van der Waals surface area contributed by atoms with E-state index in [4.69, 9.17) is 5.73 Å². The first-order valence-electron chi connectivity index (χ1n) is 6.47. The number of phenols is 1. The Morgan fingerprint density at radius 2 is 1.94 bits per heavy atom. The average Bonchev–Trinajstić information content (AvgIpc) is 2.44. The molecule has 18 heavy (non-hydrogen) atoms. The Hall–Kier alpha value is -1.96. The Balaban J connectivity index is 2.23. The molecule has 0 saturated carbocycles. The molecule has 2 heteroatoms. The van der Waals surface area contributed by atoms with Crippen LogP contribution in [0, 0.1) is 0 Å². The summed E-state index contributed by atoms with van der Waals surface area (Å²) in [4.78, 5) is 0. The summed E-state index contributed by atoms with van der Waals surface area (Å²) in [5, 5.41) is 12.1. The fraction of sp³-hybridized carbons (Fsp3) is 0.250. The van der Waals surface area contributed by atoms with E-state index in [1.54, 1.807) is 0 Å². The Bertz CT molecular complexity index is 628. The Morgan fingerprint density at radius 3 is 2.72 bits per heavy atom. The fourth-order valence-corrected chi connectivity index (χ4v) is 2.69. The first-order valence-corrected chi connectivity index (χ1v) is 6.47. The van der Waals surface area contributed by atoms with Crippen molar-refractivity contribution in [1.82, 2.24) is 0 Å². The van der Waals surface area contributed by atoms with Gasteiger partial charge in [0.1, 0.15) is 5.75 Å². The number of rotatable bonds is 1. The lowest BCUT2D eigenvalue weighted by Gasteiger charge is -2.17. The molecule has 0 radical (unpaired) electrons. The Kier molecular flexibility index (Phi) is 2.71. The van der Waals surface area contributed by atoms with Crippen molar-refractivity contribution in [3.05, 3.63) is 42.0 Å². The van der Waals surface area contributed by atoms with E-state index in [1.807, 2.05) is 24.3 Å². The maximum Gasteiger partial charge on any atom is 0.146 e. The maximum absolute atomic E-state index is 10.2. The number of aromatic hydroxyl groups is 1. The third-order valence-electron chi connectivity index (χ3n) is 3.70. The summed E-state index contributed by atoms with van der Waals surface area (Å²) >= 11 is 0. The smallest absolute Gasteiger partial charge is 0.146 e. The van der Waals surface area contributed by atoms with Gasteiger partial charge in [0, 0.05) is 10.9 Å². The third-order valence-corrected chi connectivity index (χ3v) is 3.70. The van der Waals surface area contributed by atoms with Gasteiger partial charge in [0.05, 0.1) is 5.69 Å². The monoisotopic (exact) mass is 239 g/mol. The molecule has 3 rings (SSSR count). The van der Waals surface area contributed by atoms with Crippen molar-refractivity contribution < 1.29 is 5.11 Å². The molecule has 92 valence electrons. The quantitative estimate of drug-likeness (QED) is 0.581. The van der Waals surface area contributed by atoms with Gasteiger partial charge in [0.25, 0.3) is 0 Å². The zero-order valence-corrected chi connectivity index (χ0v) is 10.3. The molecule has 0 unspecified atom stereocenters. The predicted octanol–water partition coefficient (Wildman–Crippen LogP) is 4.09. The number of nitrogens with two attached hydrogens (primary N) is 1. The molecule has 0 aliphatic heterocycles. The first-order chi connectivity index (χ1) is 8.77. The van der Waals surface area contributed by atoms with Gasteiger partial charge in [-0.3, -0.25) is 0 Å². The Morgan fingerprint density at radius 1 is 1.11 bits per heavy atom. The zero-order valence-electron chi connectivity index (χ0n) is 10.3. The maximum atomic E-state index is 10.2. The number of allylic oxidation sites excluding steroid dienone is 2. The number of anilines is 1. The van der Waals surface area contributed by atoms with Gasteiger partial charge in [-0.25, -0.2) is 0 Å². The molecule has 0 amide bonds. The van der Waals surface area contributed by atoms with Crippen LogP contribution in [0.25, 0.3) is 16.3 Å². The normalized spacial score (nSPS) is 15.7. The standard InChI is InChI=1S/C16H17NO/c17-15-14(11-6-2-1-3-7-11)10-12-8-4-5-9-13(12)16(15)18/h4-6,8-10,18H,1-3,7,17H2. The molecule has 2 nitrogen and oxygen atoms in total. The summed E-state index contributed by atoms with van der Waals surface area (Å²) in [6.45, 7) is 0. The summed E-state index contributed by atoms with van der Waals surface area (Å²) < 4.78 is 0. The summed E-state index contributed by atoms with van der Waals surface area (Å²) in [5.41, 5.74) is 8.89. The molecule has 1 aliphatic carbocycles. The molecule has 0 heterocycles. The highest BCUT2D eigenvalue weighted by Gasteiger charge is 2.14. The second-order valence-electron chi connectivity index (χ2n) is 4.88. The van der Waals surface area contributed by atoms with Gasteiger partial charge in [-0.05, 0) is 42.7 Å². The molecule has 0 spiro atoms. The van der Waals surface area contributed by atoms with E-state index in [2.05, 4.69) is 12.1 Å². The molecular formula is C16H17NO. The summed E-state index contributed by atoms with van der Waals surface area (Å²) in [6.07, 6.45) is 6.88. The zero-order chi connectivity index (χ0) is 12.5. The van der Waals surface area contributed by atoms with Crippen molar-refractivity contribution in [2.45, 2.75) is 25.7 Å². The molecule has 0 bridgehead atoms. The minimum absolute atomic E-state index is 0.217. The van der Waals surface area contributed by atoms with E-state index < -0.39 is 0 Å². The van der Waals surface area contributed by atoms with E-state index in [1.165, 1.54) is 18.4 Å². The first kappa shape index (κ1) is 11.1. The lowest BCUT2D eigenvalue weighted by molar-refractivity contribution is 0.484. The number of benzene rings is 2. The van der Waals surface area contributed by atoms with Crippen LogP contribution in [0.15, 0.2) is 36.4 Å². The van der Waals surface area contributed by atoms with Crippen LogP contribution in [-0.2, 0) is 0 Å². The van der Waals surface area contributed by atoms with E-state index in [0.29, 0.717) is 5.69 Å². The number of fused-ring (bicyclic) bond motifs is 1. The van der Waals surface area contributed by atoms with Crippen LogP contribution in [-0.4, -0.2) is 5.11 Å². The number of hydrogen-bond acceptors (Lipinski definition) is 2. The van der Waals surface area contributed by atoms with Gasteiger partial charge >= 0.3 is 0 Å². The second kappa shape index (κ2) is 4.37. The fourth-order valence-electron chi connectivity index (χ4n) is 2.69. The molecule has 3 N–H and O–H groups in total. The van der Waals surface area contributed by atoms with Crippen molar-refractivity contribution >= 4 is 22.0 Å². The highest BCUT2D eigenvalue weighted by molar-refractivity contribution is 5.98. The Labute approximate surface area is 107 Å². The van der Waals surface area contributed by atoms with Crippen molar-refractivity contribution in [2.24, 2.45) is 0 Å². The third kappa shape index (κ3) is 1.74. The topological polar surface area (TPSA) is 46.2 Å². The van der Waals surface area contributed by atoms with E-state index in [0.717, 1.165) is 29.2 Å². The second-order valence-corrected chi connectivity index (χ2v) is 4.88. The van der Waals surface area contributed by atoms with E-state index in [-0.39, 0.29) is 5.75 Å². The van der Waals surface area contributed by atoms with E-state index >= 15 is 0 Å². The molecule has 1 aliphatic rings. The largest absolute Gasteiger partial charge is 0.505 e. The molecule has 2 aromatic rings. The minimum Gasteiger partial charge on any atom is -0.505 e. The van der Waals surface area contributed by atoms with Gasteiger partial charge in [0.2, 0.25) is 0 Å². The molecule has 0 aromatic heterocycles. The summed E-state index contributed by atoms with van der Waals surface area (Å²) in [6, 6.07) is 9.92. The highest BCUT2D eigenvalue weighted by Crippen LogP contribution is 2.39. The lowest BCUT2D eigenvalue weighted by atomic mass is 9.91. The van der Waals surface area contributed by atoms with Crippen molar-refractivity contribution in [2.75, 3.05) is 5.73 Å². The highest BCUT2D eigenvalue weighted by atomic mass is 16.3. The lowest BCUT2D eigenvalue weighted by Crippen LogP contribution is -1.98. The molecule has 0 atom stereocenters. The van der Waals surface area contributed by atoms with Crippen LogP contribution in [0.2, 0.25) is 0 Å². The van der Waals surface area contributed by atoms with Crippen LogP contribution in [0.4, 0.5) is 5.69 Å².